The van der Waals surface area contributed by atoms with E-state index in [2.05, 4.69) is 10.3 Å². The molecule has 2 heterocycles. The summed E-state index contributed by atoms with van der Waals surface area (Å²) in [6.07, 6.45) is 2.60. The van der Waals surface area contributed by atoms with E-state index >= 15 is 0 Å². The summed E-state index contributed by atoms with van der Waals surface area (Å²) in [5.41, 5.74) is 0.933. The van der Waals surface area contributed by atoms with Crippen LogP contribution in [-0.4, -0.2) is 41.5 Å². The largest absolute Gasteiger partial charge is 0.481 e. The first-order chi connectivity index (χ1) is 12.1. The predicted molar refractivity (Wildman–Crippen MR) is 95.3 cm³/mol. The minimum absolute atomic E-state index is 0. The molecule has 0 aliphatic carbocycles. The van der Waals surface area contributed by atoms with Crippen LogP contribution in [-0.2, 0) is 4.79 Å². The molecule has 1 aromatic carbocycles. The summed E-state index contributed by atoms with van der Waals surface area (Å²) >= 11 is 0. The monoisotopic (exact) mass is 383 g/mol. The predicted octanol–water partition coefficient (Wildman–Crippen LogP) is 2.72. The highest BCUT2D eigenvalue weighted by Gasteiger charge is 2.31. The summed E-state index contributed by atoms with van der Waals surface area (Å²) in [4.78, 5) is 18.7. The summed E-state index contributed by atoms with van der Waals surface area (Å²) in [5.74, 6) is -2.05. The fourth-order valence-corrected chi connectivity index (χ4v) is 2.88. The van der Waals surface area contributed by atoms with Gasteiger partial charge in [0.05, 0.1) is 6.04 Å². The molecule has 140 valence electrons. The molecule has 8 heteroatoms. The lowest BCUT2D eigenvalue weighted by atomic mass is 10.0. The van der Waals surface area contributed by atoms with Gasteiger partial charge in [-0.05, 0) is 30.7 Å². The molecule has 0 saturated carbocycles. The van der Waals surface area contributed by atoms with E-state index in [4.69, 9.17) is 4.74 Å². The van der Waals surface area contributed by atoms with Crippen LogP contribution in [0.5, 0.6) is 5.75 Å². The molecule has 2 aromatic rings. The number of nitrogens with zero attached hydrogens (tertiary/aromatic N) is 2. The van der Waals surface area contributed by atoms with Crippen LogP contribution in [0.3, 0.4) is 0 Å². The van der Waals surface area contributed by atoms with E-state index in [0.29, 0.717) is 19.6 Å². The van der Waals surface area contributed by atoms with Crippen molar-refractivity contribution in [3.63, 3.8) is 0 Å². The summed E-state index contributed by atoms with van der Waals surface area (Å²) in [7, 11) is 0. The zero-order valence-electron chi connectivity index (χ0n) is 14.2. The summed E-state index contributed by atoms with van der Waals surface area (Å²) < 4.78 is 31.8. The van der Waals surface area contributed by atoms with E-state index in [9.17, 15) is 13.6 Å². The number of aromatic nitrogens is 1. The fourth-order valence-electron chi connectivity index (χ4n) is 2.88. The molecule has 2 atom stereocenters. The van der Waals surface area contributed by atoms with Gasteiger partial charge in [0, 0.05) is 38.1 Å². The first-order valence-corrected chi connectivity index (χ1v) is 8.09. The second-order valence-electron chi connectivity index (χ2n) is 5.87. The van der Waals surface area contributed by atoms with Crippen molar-refractivity contribution in [1.82, 2.24) is 15.2 Å². The second kappa shape index (κ2) is 8.91. The molecule has 1 amide bonds. The van der Waals surface area contributed by atoms with Crippen LogP contribution in [0.1, 0.15) is 18.5 Å². The maximum absolute atomic E-state index is 13.3. The molecule has 0 spiro atoms. The second-order valence-corrected chi connectivity index (χ2v) is 5.87. The number of rotatable bonds is 4. The Bertz CT molecular complexity index is 748. The number of hydrogen-bond acceptors (Lipinski definition) is 4. The molecule has 1 aliphatic rings. The fraction of sp³-hybridized carbons (Fsp3) is 0.333. The maximum Gasteiger partial charge on any atom is 0.263 e. The molecule has 5 nitrogen and oxygen atoms in total. The minimum Gasteiger partial charge on any atom is -0.481 e. The molecule has 1 N–H and O–H groups in total. The number of hydrogen-bond donors (Lipinski definition) is 1. The molecule has 2 unspecified atom stereocenters. The van der Waals surface area contributed by atoms with Gasteiger partial charge < -0.3 is 15.0 Å². The van der Waals surface area contributed by atoms with Gasteiger partial charge in [0.1, 0.15) is 5.75 Å². The average molecular weight is 384 g/mol. The zero-order chi connectivity index (χ0) is 17.8. The number of ether oxygens (including phenoxy) is 1. The SMILES string of the molecule is CC(Oc1ccc(F)c(F)c1)C(=O)N1CCNCC1c1cccnc1.Cl. The highest BCUT2D eigenvalue weighted by Crippen LogP contribution is 2.24. The molecule has 1 aliphatic heterocycles. The van der Waals surface area contributed by atoms with Crippen molar-refractivity contribution in [1.29, 1.82) is 0 Å². The van der Waals surface area contributed by atoms with E-state index in [1.165, 1.54) is 6.07 Å². The lowest BCUT2D eigenvalue weighted by Gasteiger charge is -2.37. The standard InChI is InChI=1S/C18H19F2N3O2.ClH/c1-12(25-14-4-5-15(19)16(20)9-14)18(24)23-8-7-22-11-17(23)13-3-2-6-21-10-13;/h2-6,9-10,12,17,22H,7-8,11H2,1H3;1H. The Kier molecular flexibility index (Phi) is 6.88. The van der Waals surface area contributed by atoms with E-state index < -0.39 is 17.7 Å². The first kappa shape index (κ1) is 20.1. The number of halogens is 3. The third-order valence-corrected chi connectivity index (χ3v) is 4.15. The third-order valence-electron chi connectivity index (χ3n) is 4.15. The van der Waals surface area contributed by atoms with Gasteiger partial charge in [-0.25, -0.2) is 8.78 Å². The van der Waals surface area contributed by atoms with E-state index in [-0.39, 0.29) is 30.1 Å². The van der Waals surface area contributed by atoms with Crippen LogP contribution < -0.4 is 10.1 Å². The lowest BCUT2D eigenvalue weighted by molar-refractivity contribution is -0.141. The van der Waals surface area contributed by atoms with E-state index in [0.717, 1.165) is 17.7 Å². The molecule has 26 heavy (non-hydrogen) atoms. The lowest BCUT2D eigenvalue weighted by Crippen LogP contribution is -2.52. The van der Waals surface area contributed by atoms with Crippen LogP contribution in [0.15, 0.2) is 42.7 Å². The first-order valence-electron chi connectivity index (χ1n) is 8.09. The van der Waals surface area contributed by atoms with E-state index in [1.54, 1.807) is 24.2 Å². The maximum atomic E-state index is 13.3. The van der Waals surface area contributed by atoms with Crippen LogP contribution in [0, 0.1) is 11.6 Å². The number of carbonyl (C=O) groups excluding carboxylic acids is 1. The van der Waals surface area contributed by atoms with Crippen molar-refractivity contribution in [3.8, 4) is 5.75 Å². The topological polar surface area (TPSA) is 54.5 Å². The van der Waals surface area contributed by atoms with Crippen LogP contribution in [0.2, 0.25) is 0 Å². The van der Waals surface area contributed by atoms with Gasteiger partial charge in [0.2, 0.25) is 0 Å². The van der Waals surface area contributed by atoms with Crippen LogP contribution >= 0.6 is 12.4 Å². The number of benzene rings is 1. The van der Waals surface area contributed by atoms with Gasteiger partial charge in [-0.15, -0.1) is 12.4 Å². The molecular formula is C18H20ClF2N3O2. The molecule has 0 radical (unpaired) electrons. The van der Waals surface area contributed by atoms with Crippen LogP contribution in [0.4, 0.5) is 8.78 Å². The number of carbonyl (C=O) groups is 1. The van der Waals surface area contributed by atoms with Gasteiger partial charge in [0.15, 0.2) is 17.7 Å². The van der Waals surface area contributed by atoms with Gasteiger partial charge >= 0.3 is 0 Å². The Morgan fingerprint density at radius 1 is 1.35 bits per heavy atom. The van der Waals surface area contributed by atoms with Crippen molar-refractivity contribution in [2.24, 2.45) is 0 Å². The Labute approximate surface area is 156 Å². The summed E-state index contributed by atoms with van der Waals surface area (Å²) in [6, 6.07) is 6.82. The van der Waals surface area contributed by atoms with E-state index in [1.807, 2.05) is 12.1 Å². The smallest absolute Gasteiger partial charge is 0.263 e. The highest BCUT2D eigenvalue weighted by atomic mass is 35.5. The van der Waals surface area contributed by atoms with Crippen molar-refractivity contribution in [3.05, 3.63) is 59.9 Å². The Balaban J connectivity index is 0.00000243. The van der Waals surface area contributed by atoms with Crippen molar-refractivity contribution in [2.75, 3.05) is 19.6 Å². The molecule has 1 saturated heterocycles. The Morgan fingerprint density at radius 2 is 2.15 bits per heavy atom. The number of pyridine rings is 1. The third kappa shape index (κ3) is 4.47. The minimum atomic E-state index is -1.01. The number of nitrogens with one attached hydrogen (secondary N) is 1. The van der Waals surface area contributed by atoms with Gasteiger partial charge in [-0.2, -0.15) is 0 Å². The van der Waals surface area contributed by atoms with Crippen molar-refractivity contribution >= 4 is 18.3 Å². The zero-order valence-corrected chi connectivity index (χ0v) is 15.0. The highest BCUT2D eigenvalue weighted by molar-refractivity contribution is 5.85. The quantitative estimate of drug-likeness (QED) is 0.882. The number of amides is 1. The normalized spacial score (nSPS) is 18.0. The van der Waals surface area contributed by atoms with Crippen LogP contribution in [0.25, 0.3) is 0 Å². The number of piperazine rings is 1. The van der Waals surface area contributed by atoms with Gasteiger partial charge in [0.25, 0.3) is 5.91 Å². The van der Waals surface area contributed by atoms with Crippen molar-refractivity contribution in [2.45, 2.75) is 19.1 Å². The molecule has 1 fully saturated rings. The Hall–Kier alpha value is -2.25. The molecular weight excluding hydrogens is 364 g/mol. The summed E-state index contributed by atoms with van der Waals surface area (Å²) in [6.45, 7) is 3.44. The van der Waals surface area contributed by atoms with Gasteiger partial charge in [-0.3, -0.25) is 9.78 Å². The van der Waals surface area contributed by atoms with Crippen molar-refractivity contribution < 1.29 is 18.3 Å². The average Bonchev–Trinajstić information content (AvgIpc) is 2.65. The molecule has 1 aromatic heterocycles. The Morgan fingerprint density at radius 3 is 2.85 bits per heavy atom. The molecule has 0 bridgehead atoms. The summed E-state index contributed by atoms with van der Waals surface area (Å²) in [5, 5.41) is 3.27. The molecule has 3 rings (SSSR count). The van der Waals surface area contributed by atoms with Gasteiger partial charge in [-0.1, -0.05) is 6.07 Å².